The predicted octanol–water partition coefficient (Wildman–Crippen LogP) is 4.46. The Hall–Kier alpha value is -3.53. The minimum absolute atomic E-state index is 0.0782. The molecular formula is C24H21F4N3O3. The number of nitrogens with zero attached hydrogens (tertiary/aromatic N) is 2. The molecule has 0 unspecified atom stereocenters. The number of aromatic nitrogens is 2. The summed E-state index contributed by atoms with van der Waals surface area (Å²) in [7, 11) is 1.50. The highest BCUT2D eigenvalue weighted by atomic mass is 19.2. The molecule has 0 aliphatic heterocycles. The minimum Gasteiger partial charge on any atom is -0.489 e. The van der Waals surface area contributed by atoms with Gasteiger partial charge in [-0.25, -0.2) is 27.5 Å². The molecule has 1 heterocycles. The lowest BCUT2D eigenvalue weighted by Gasteiger charge is -2.20. The molecule has 4 rings (SSSR count). The second-order valence-electron chi connectivity index (χ2n) is 8.11. The smallest absolute Gasteiger partial charge is 0.228 e. The van der Waals surface area contributed by atoms with Crippen LogP contribution in [0.2, 0.25) is 0 Å². The monoisotopic (exact) mass is 475 g/mol. The van der Waals surface area contributed by atoms with Gasteiger partial charge in [-0.15, -0.1) is 0 Å². The van der Waals surface area contributed by atoms with Crippen molar-refractivity contribution in [1.29, 1.82) is 0 Å². The van der Waals surface area contributed by atoms with Crippen molar-refractivity contribution in [2.45, 2.75) is 25.4 Å². The molecule has 1 fully saturated rings. The van der Waals surface area contributed by atoms with Crippen LogP contribution in [0, 0.1) is 36.1 Å². The highest BCUT2D eigenvalue weighted by Gasteiger charge is 2.60. The Labute approximate surface area is 192 Å². The molecule has 34 heavy (non-hydrogen) atoms. The molecule has 3 aromatic rings. The van der Waals surface area contributed by atoms with Gasteiger partial charge in [0.2, 0.25) is 5.91 Å². The topological polar surface area (TPSA) is 73.3 Å². The second kappa shape index (κ2) is 9.38. The van der Waals surface area contributed by atoms with E-state index >= 15 is 0 Å². The quantitative estimate of drug-likeness (QED) is 0.487. The van der Waals surface area contributed by atoms with Crippen LogP contribution in [-0.4, -0.2) is 29.6 Å². The molecule has 1 aliphatic carbocycles. The average Bonchev–Trinajstić information content (AvgIpc) is 3.53. The number of rotatable bonds is 8. The van der Waals surface area contributed by atoms with Gasteiger partial charge in [0, 0.05) is 18.6 Å². The van der Waals surface area contributed by atoms with Gasteiger partial charge in [-0.1, -0.05) is 6.07 Å². The van der Waals surface area contributed by atoms with Gasteiger partial charge in [0.25, 0.3) is 0 Å². The maximum absolute atomic E-state index is 14.0. The lowest BCUT2D eigenvalue weighted by Crippen LogP contribution is -2.27. The summed E-state index contributed by atoms with van der Waals surface area (Å²) in [5, 5.41) is 2.44. The van der Waals surface area contributed by atoms with Gasteiger partial charge in [0.05, 0.1) is 31.0 Å². The molecule has 1 aromatic heterocycles. The fraction of sp³-hybridized carbons (Fsp3) is 0.292. The maximum Gasteiger partial charge on any atom is 0.228 e. The zero-order chi connectivity index (χ0) is 24.5. The highest BCUT2D eigenvalue weighted by Crippen LogP contribution is 2.55. The van der Waals surface area contributed by atoms with Crippen molar-refractivity contribution >= 4 is 11.6 Å². The molecule has 0 saturated heterocycles. The number of carbonyl (C=O) groups excluding carboxylic acids is 1. The van der Waals surface area contributed by atoms with E-state index in [1.165, 1.54) is 19.4 Å². The lowest BCUT2D eigenvalue weighted by atomic mass is 9.93. The Kier molecular flexibility index (Phi) is 6.52. The molecule has 10 heteroatoms. The third kappa shape index (κ3) is 4.72. The van der Waals surface area contributed by atoms with Crippen molar-refractivity contribution < 1.29 is 31.8 Å². The molecule has 0 bridgehead atoms. The zero-order valence-corrected chi connectivity index (χ0v) is 18.4. The van der Waals surface area contributed by atoms with Gasteiger partial charge >= 0.3 is 0 Å². The van der Waals surface area contributed by atoms with Crippen LogP contribution in [0.3, 0.4) is 0 Å². The summed E-state index contributed by atoms with van der Waals surface area (Å²) >= 11 is 0. The first-order valence-electron chi connectivity index (χ1n) is 10.4. The van der Waals surface area contributed by atoms with Crippen LogP contribution >= 0.6 is 0 Å². The second-order valence-corrected chi connectivity index (χ2v) is 8.11. The number of methoxy groups -OCH3 is 1. The van der Waals surface area contributed by atoms with Gasteiger partial charge in [0.1, 0.15) is 23.2 Å². The van der Waals surface area contributed by atoms with Crippen LogP contribution in [0.15, 0.2) is 42.6 Å². The fourth-order valence-electron chi connectivity index (χ4n) is 3.90. The molecule has 2 aromatic carbocycles. The van der Waals surface area contributed by atoms with E-state index in [0.717, 1.165) is 24.3 Å². The Bertz CT molecular complexity index is 1240. The molecule has 1 amide bonds. The van der Waals surface area contributed by atoms with Crippen LogP contribution in [-0.2, 0) is 21.6 Å². The van der Waals surface area contributed by atoms with Crippen LogP contribution in [0.4, 0.5) is 23.2 Å². The van der Waals surface area contributed by atoms with Crippen LogP contribution in [0.1, 0.15) is 23.5 Å². The first-order valence-corrected chi connectivity index (χ1v) is 10.4. The van der Waals surface area contributed by atoms with Gasteiger partial charge in [-0.05, 0) is 43.2 Å². The van der Waals surface area contributed by atoms with E-state index in [4.69, 9.17) is 9.47 Å². The standard InChI is InChI=1S/C24H21F4N3O3/c1-13-29-10-22(21(30-13)11-33-2)34-12-24(14-3-5-17(26)18(27)7-14)9-16(24)23(32)31-20-6-4-15(25)8-19(20)28/h3-8,10,16H,9,11-12H2,1-2H3,(H,31,32)/t16-,24+/m0/s1. The van der Waals surface area contributed by atoms with Crippen LogP contribution in [0.25, 0.3) is 0 Å². The Morgan fingerprint density at radius 3 is 2.62 bits per heavy atom. The van der Waals surface area contributed by atoms with Crippen molar-refractivity contribution in [3.05, 3.63) is 82.9 Å². The molecule has 0 spiro atoms. The van der Waals surface area contributed by atoms with Crippen LogP contribution < -0.4 is 10.1 Å². The molecule has 1 saturated carbocycles. The van der Waals surface area contributed by atoms with Crippen molar-refractivity contribution in [2.75, 3.05) is 19.0 Å². The first kappa shape index (κ1) is 23.6. The van der Waals surface area contributed by atoms with Crippen molar-refractivity contribution in [2.24, 2.45) is 5.92 Å². The maximum atomic E-state index is 14.0. The normalized spacial score (nSPS) is 19.1. The van der Waals surface area contributed by atoms with E-state index in [0.29, 0.717) is 28.9 Å². The number of nitrogens with one attached hydrogen (secondary N) is 1. The van der Waals surface area contributed by atoms with E-state index in [2.05, 4.69) is 15.3 Å². The van der Waals surface area contributed by atoms with E-state index in [-0.39, 0.29) is 25.3 Å². The van der Waals surface area contributed by atoms with Crippen molar-refractivity contribution in [3.8, 4) is 5.75 Å². The number of anilines is 1. The predicted molar refractivity (Wildman–Crippen MR) is 114 cm³/mol. The average molecular weight is 475 g/mol. The number of amides is 1. The van der Waals surface area contributed by atoms with E-state index in [1.54, 1.807) is 6.92 Å². The number of halogens is 4. The summed E-state index contributed by atoms with van der Waals surface area (Å²) in [6.07, 6.45) is 1.71. The van der Waals surface area contributed by atoms with Crippen molar-refractivity contribution in [3.63, 3.8) is 0 Å². The molecule has 178 valence electrons. The summed E-state index contributed by atoms with van der Waals surface area (Å²) < 4.78 is 65.9. The van der Waals surface area contributed by atoms with Gasteiger partial charge in [0.15, 0.2) is 17.4 Å². The van der Waals surface area contributed by atoms with E-state index < -0.39 is 40.5 Å². The number of ether oxygens (including phenoxy) is 2. The number of aryl methyl sites for hydroxylation is 1. The molecule has 2 atom stereocenters. The Balaban J connectivity index is 1.61. The Morgan fingerprint density at radius 2 is 1.91 bits per heavy atom. The van der Waals surface area contributed by atoms with Gasteiger partial charge < -0.3 is 14.8 Å². The molecule has 6 nitrogen and oxygen atoms in total. The summed E-state index contributed by atoms with van der Waals surface area (Å²) in [6, 6.07) is 6.17. The summed E-state index contributed by atoms with van der Waals surface area (Å²) in [4.78, 5) is 21.3. The number of hydrogen-bond donors (Lipinski definition) is 1. The number of benzene rings is 2. The Morgan fingerprint density at radius 1 is 1.12 bits per heavy atom. The van der Waals surface area contributed by atoms with Crippen molar-refractivity contribution in [1.82, 2.24) is 9.97 Å². The highest BCUT2D eigenvalue weighted by molar-refractivity contribution is 5.96. The molecule has 0 radical (unpaired) electrons. The summed E-state index contributed by atoms with van der Waals surface area (Å²) in [6.45, 7) is 1.79. The number of hydrogen-bond acceptors (Lipinski definition) is 5. The molecular weight excluding hydrogens is 454 g/mol. The van der Waals surface area contributed by atoms with E-state index in [9.17, 15) is 22.4 Å². The van der Waals surface area contributed by atoms with Gasteiger partial charge in [-0.3, -0.25) is 4.79 Å². The molecule has 1 aliphatic rings. The number of carbonyl (C=O) groups is 1. The fourth-order valence-corrected chi connectivity index (χ4v) is 3.90. The summed E-state index contributed by atoms with van der Waals surface area (Å²) in [5.41, 5.74) is -0.352. The van der Waals surface area contributed by atoms with Gasteiger partial charge in [-0.2, -0.15) is 0 Å². The van der Waals surface area contributed by atoms with Crippen LogP contribution in [0.5, 0.6) is 5.75 Å². The lowest BCUT2D eigenvalue weighted by molar-refractivity contribution is -0.117. The third-order valence-electron chi connectivity index (χ3n) is 5.79. The summed E-state index contributed by atoms with van der Waals surface area (Å²) in [5.74, 6) is -4.25. The zero-order valence-electron chi connectivity index (χ0n) is 18.4. The van der Waals surface area contributed by atoms with E-state index in [1.807, 2.05) is 0 Å². The molecule has 1 N–H and O–H groups in total. The minimum atomic E-state index is -1.06. The third-order valence-corrected chi connectivity index (χ3v) is 5.79. The first-order chi connectivity index (χ1) is 16.2. The largest absolute Gasteiger partial charge is 0.489 e. The SMILES string of the molecule is COCc1nc(C)ncc1OC[C@@]1(c2ccc(F)c(F)c2)C[C@H]1C(=O)Nc1ccc(F)cc1F.